The van der Waals surface area contributed by atoms with E-state index in [2.05, 4.69) is 20.4 Å². The molecule has 0 aliphatic heterocycles. The Kier molecular flexibility index (Phi) is 5.38. The SMILES string of the molecule is C=C(CC)CC(N)C1CCCC(CC)C1. The average Bonchev–Trinajstić information content (AvgIpc) is 2.28. The van der Waals surface area contributed by atoms with Gasteiger partial charge in [-0.1, -0.05) is 45.3 Å². The van der Waals surface area contributed by atoms with E-state index in [9.17, 15) is 0 Å². The molecule has 15 heavy (non-hydrogen) atoms. The Morgan fingerprint density at radius 3 is 2.73 bits per heavy atom. The van der Waals surface area contributed by atoms with Crippen LogP contribution in [0.25, 0.3) is 0 Å². The summed E-state index contributed by atoms with van der Waals surface area (Å²) in [5.74, 6) is 1.69. The van der Waals surface area contributed by atoms with Crippen LogP contribution in [0, 0.1) is 11.8 Å². The summed E-state index contributed by atoms with van der Waals surface area (Å²) in [6.07, 6.45) is 8.96. The van der Waals surface area contributed by atoms with E-state index in [1.54, 1.807) is 0 Å². The molecule has 0 aromatic carbocycles. The molecular formula is C14H27N. The highest BCUT2D eigenvalue weighted by molar-refractivity contribution is 4.97. The fraction of sp³-hybridized carbons (Fsp3) is 0.857. The van der Waals surface area contributed by atoms with Gasteiger partial charge in [-0.25, -0.2) is 0 Å². The smallest absolute Gasteiger partial charge is 0.0104 e. The maximum atomic E-state index is 6.28. The van der Waals surface area contributed by atoms with Crippen molar-refractivity contribution in [3.63, 3.8) is 0 Å². The van der Waals surface area contributed by atoms with E-state index in [0.29, 0.717) is 6.04 Å². The van der Waals surface area contributed by atoms with Crippen LogP contribution in [-0.2, 0) is 0 Å². The number of rotatable bonds is 5. The molecule has 0 spiro atoms. The highest BCUT2D eigenvalue weighted by Crippen LogP contribution is 2.33. The third-order valence-electron chi connectivity index (χ3n) is 4.03. The summed E-state index contributed by atoms with van der Waals surface area (Å²) in [5.41, 5.74) is 7.60. The van der Waals surface area contributed by atoms with Crippen LogP contribution in [0.5, 0.6) is 0 Å². The summed E-state index contributed by atoms with van der Waals surface area (Å²) >= 11 is 0. The Balaban J connectivity index is 2.37. The normalized spacial score (nSPS) is 28.7. The van der Waals surface area contributed by atoms with Crippen LogP contribution in [0.3, 0.4) is 0 Å². The zero-order valence-corrected chi connectivity index (χ0v) is 10.5. The molecule has 1 aliphatic carbocycles. The maximum Gasteiger partial charge on any atom is 0.0104 e. The van der Waals surface area contributed by atoms with Gasteiger partial charge in [-0.3, -0.25) is 0 Å². The molecule has 1 fully saturated rings. The predicted molar refractivity (Wildman–Crippen MR) is 67.8 cm³/mol. The molecule has 1 nitrogen and oxygen atoms in total. The fourth-order valence-electron chi connectivity index (χ4n) is 2.74. The van der Waals surface area contributed by atoms with E-state index < -0.39 is 0 Å². The second-order valence-electron chi connectivity index (χ2n) is 5.17. The molecule has 0 aromatic heterocycles. The third kappa shape index (κ3) is 3.98. The first-order chi connectivity index (χ1) is 7.17. The van der Waals surface area contributed by atoms with Crippen LogP contribution >= 0.6 is 0 Å². The van der Waals surface area contributed by atoms with E-state index in [1.807, 2.05) is 0 Å². The summed E-state index contributed by atoms with van der Waals surface area (Å²) in [6.45, 7) is 8.55. The number of nitrogens with two attached hydrogens (primary N) is 1. The summed E-state index contributed by atoms with van der Waals surface area (Å²) < 4.78 is 0. The van der Waals surface area contributed by atoms with E-state index in [4.69, 9.17) is 5.73 Å². The third-order valence-corrected chi connectivity index (χ3v) is 4.03. The molecule has 3 atom stereocenters. The Labute approximate surface area is 95.1 Å². The molecule has 1 aliphatic rings. The first kappa shape index (κ1) is 12.8. The highest BCUT2D eigenvalue weighted by Gasteiger charge is 2.25. The summed E-state index contributed by atoms with van der Waals surface area (Å²) in [7, 11) is 0. The van der Waals surface area contributed by atoms with Gasteiger partial charge in [-0.2, -0.15) is 0 Å². The largest absolute Gasteiger partial charge is 0.327 e. The fourth-order valence-corrected chi connectivity index (χ4v) is 2.74. The molecule has 0 amide bonds. The van der Waals surface area contributed by atoms with Crippen molar-refractivity contribution in [3.8, 4) is 0 Å². The van der Waals surface area contributed by atoms with Gasteiger partial charge in [0.05, 0.1) is 0 Å². The molecule has 0 aromatic rings. The number of hydrogen-bond donors (Lipinski definition) is 1. The Morgan fingerprint density at radius 1 is 1.40 bits per heavy atom. The van der Waals surface area contributed by atoms with Crippen LogP contribution < -0.4 is 5.73 Å². The van der Waals surface area contributed by atoms with Gasteiger partial charge in [0, 0.05) is 6.04 Å². The van der Waals surface area contributed by atoms with Crippen molar-refractivity contribution in [3.05, 3.63) is 12.2 Å². The zero-order valence-electron chi connectivity index (χ0n) is 10.5. The van der Waals surface area contributed by atoms with Gasteiger partial charge in [0.1, 0.15) is 0 Å². The zero-order chi connectivity index (χ0) is 11.3. The van der Waals surface area contributed by atoms with Gasteiger partial charge in [0.2, 0.25) is 0 Å². The maximum absolute atomic E-state index is 6.28. The van der Waals surface area contributed by atoms with Crippen LogP contribution in [0.2, 0.25) is 0 Å². The average molecular weight is 209 g/mol. The molecule has 0 saturated heterocycles. The molecule has 2 N–H and O–H groups in total. The number of hydrogen-bond acceptors (Lipinski definition) is 1. The van der Waals surface area contributed by atoms with Crippen LogP contribution in [0.1, 0.15) is 58.8 Å². The molecule has 0 bridgehead atoms. The van der Waals surface area contributed by atoms with Crippen molar-refractivity contribution in [1.82, 2.24) is 0 Å². The second kappa shape index (κ2) is 6.32. The lowest BCUT2D eigenvalue weighted by atomic mass is 9.76. The molecular weight excluding hydrogens is 182 g/mol. The van der Waals surface area contributed by atoms with Gasteiger partial charge in [-0.05, 0) is 37.5 Å². The highest BCUT2D eigenvalue weighted by atomic mass is 14.7. The van der Waals surface area contributed by atoms with Crippen molar-refractivity contribution in [1.29, 1.82) is 0 Å². The molecule has 0 heterocycles. The molecule has 1 rings (SSSR count). The first-order valence-electron chi connectivity index (χ1n) is 6.59. The van der Waals surface area contributed by atoms with Crippen molar-refractivity contribution in [2.24, 2.45) is 17.6 Å². The molecule has 88 valence electrons. The Hall–Kier alpha value is -0.300. The Bertz CT molecular complexity index is 198. The molecule has 0 radical (unpaired) electrons. The Morgan fingerprint density at radius 2 is 2.13 bits per heavy atom. The predicted octanol–water partition coefficient (Wildman–Crippen LogP) is 3.89. The van der Waals surface area contributed by atoms with E-state index in [0.717, 1.165) is 24.7 Å². The monoisotopic (exact) mass is 209 g/mol. The van der Waals surface area contributed by atoms with Gasteiger partial charge in [-0.15, -0.1) is 0 Å². The lowest BCUT2D eigenvalue weighted by Crippen LogP contribution is -2.34. The van der Waals surface area contributed by atoms with Gasteiger partial charge in [0.25, 0.3) is 0 Å². The van der Waals surface area contributed by atoms with Gasteiger partial charge in [0.15, 0.2) is 0 Å². The standard InChI is InChI=1S/C14H27N/c1-4-11(3)9-14(15)13-8-6-7-12(5-2)10-13/h12-14H,3-10,15H2,1-2H3. The molecule has 1 saturated carbocycles. The van der Waals surface area contributed by atoms with Crippen LogP contribution in [0.15, 0.2) is 12.2 Å². The second-order valence-corrected chi connectivity index (χ2v) is 5.17. The minimum atomic E-state index is 0.367. The topological polar surface area (TPSA) is 26.0 Å². The quantitative estimate of drug-likeness (QED) is 0.683. The van der Waals surface area contributed by atoms with Crippen LogP contribution in [-0.4, -0.2) is 6.04 Å². The minimum absolute atomic E-state index is 0.367. The molecule has 1 heteroatoms. The van der Waals surface area contributed by atoms with Crippen molar-refractivity contribution in [2.45, 2.75) is 64.8 Å². The van der Waals surface area contributed by atoms with Crippen molar-refractivity contribution < 1.29 is 0 Å². The lowest BCUT2D eigenvalue weighted by Gasteiger charge is -2.32. The lowest BCUT2D eigenvalue weighted by molar-refractivity contribution is 0.228. The van der Waals surface area contributed by atoms with E-state index in [1.165, 1.54) is 37.7 Å². The van der Waals surface area contributed by atoms with Gasteiger partial charge < -0.3 is 5.73 Å². The van der Waals surface area contributed by atoms with Crippen molar-refractivity contribution in [2.75, 3.05) is 0 Å². The molecule has 3 unspecified atom stereocenters. The van der Waals surface area contributed by atoms with E-state index in [-0.39, 0.29) is 0 Å². The first-order valence-corrected chi connectivity index (χ1v) is 6.59. The van der Waals surface area contributed by atoms with Gasteiger partial charge >= 0.3 is 0 Å². The van der Waals surface area contributed by atoms with Crippen molar-refractivity contribution >= 4 is 0 Å². The van der Waals surface area contributed by atoms with E-state index >= 15 is 0 Å². The summed E-state index contributed by atoms with van der Waals surface area (Å²) in [5, 5.41) is 0. The summed E-state index contributed by atoms with van der Waals surface area (Å²) in [4.78, 5) is 0. The van der Waals surface area contributed by atoms with Crippen LogP contribution in [0.4, 0.5) is 0 Å². The minimum Gasteiger partial charge on any atom is -0.327 e. The summed E-state index contributed by atoms with van der Waals surface area (Å²) in [6, 6.07) is 0.367.